The summed E-state index contributed by atoms with van der Waals surface area (Å²) in [6, 6.07) is 17.2. The van der Waals surface area contributed by atoms with E-state index < -0.39 is 11.4 Å². The van der Waals surface area contributed by atoms with Crippen molar-refractivity contribution in [1.29, 1.82) is 0 Å². The first-order valence-electron chi connectivity index (χ1n) is 8.34. The van der Waals surface area contributed by atoms with Crippen LogP contribution in [0.2, 0.25) is 0 Å². The lowest BCUT2D eigenvalue weighted by atomic mass is 9.83. The Morgan fingerprint density at radius 1 is 0.962 bits per heavy atom. The van der Waals surface area contributed by atoms with Crippen LogP contribution in [0.1, 0.15) is 30.6 Å². The number of hydrogen-bond donors (Lipinski definition) is 1. The third kappa shape index (κ3) is 3.36. The standard InChI is InChI=1S/C22H19FO3/c1-22(2,21(25)26)13-19(24)18-12-9-14-5-3-4-6-17(14)20(18)15-7-10-16(23)11-8-15/h3-12H,13H2,1-2H3,(H,25,26). The monoisotopic (exact) mass is 350 g/mol. The van der Waals surface area contributed by atoms with Crippen LogP contribution in [0.15, 0.2) is 60.7 Å². The van der Waals surface area contributed by atoms with Gasteiger partial charge >= 0.3 is 5.97 Å². The first-order valence-corrected chi connectivity index (χ1v) is 8.34. The van der Waals surface area contributed by atoms with Crippen molar-refractivity contribution in [3.05, 3.63) is 72.0 Å². The quantitative estimate of drug-likeness (QED) is 0.633. The fourth-order valence-corrected chi connectivity index (χ4v) is 3.00. The molecule has 0 aliphatic carbocycles. The van der Waals surface area contributed by atoms with Gasteiger partial charge in [-0.05, 0) is 42.3 Å². The molecule has 0 radical (unpaired) electrons. The van der Waals surface area contributed by atoms with Crippen LogP contribution in [-0.4, -0.2) is 16.9 Å². The van der Waals surface area contributed by atoms with E-state index in [0.717, 1.165) is 16.3 Å². The van der Waals surface area contributed by atoms with Gasteiger partial charge in [0.1, 0.15) is 5.82 Å². The molecule has 132 valence electrons. The lowest BCUT2D eigenvalue weighted by molar-refractivity contribution is -0.146. The highest BCUT2D eigenvalue weighted by Gasteiger charge is 2.31. The first-order chi connectivity index (χ1) is 12.3. The van der Waals surface area contributed by atoms with E-state index >= 15 is 0 Å². The molecule has 0 aliphatic rings. The number of carbonyl (C=O) groups is 2. The number of hydrogen-bond acceptors (Lipinski definition) is 2. The second-order valence-electron chi connectivity index (χ2n) is 7.01. The number of carboxylic acids is 1. The van der Waals surface area contributed by atoms with E-state index in [4.69, 9.17) is 0 Å². The van der Waals surface area contributed by atoms with E-state index in [1.165, 1.54) is 26.0 Å². The summed E-state index contributed by atoms with van der Waals surface area (Å²) >= 11 is 0. The Hall–Kier alpha value is -3.01. The van der Waals surface area contributed by atoms with E-state index in [2.05, 4.69) is 0 Å². The molecule has 0 saturated heterocycles. The van der Waals surface area contributed by atoms with E-state index in [9.17, 15) is 19.1 Å². The Balaban J connectivity index is 2.19. The number of Topliss-reactive ketones (excluding diaryl/α,β-unsaturated/α-hetero) is 1. The average molecular weight is 350 g/mol. The highest BCUT2D eigenvalue weighted by molar-refractivity contribution is 6.11. The predicted octanol–water partition coefficient (Wildman–Crippen LogP) is 5.33. The molecule has 0 atom stereocenters. The highest BCUT2D eigenvalue weighted by atomic mass is 19.1. The molecular formula is C22H19FO3. The first kappa shape index (κ1) is 17.8. The molecule has 0 spiro atoms. The number of ketones is 1. The van der Waals surface area contributed by atoms with E-state index in [1.54, 1.807) is 18.2 Å². The fourth-order valence-electron chi connectivity index (χ4n) is 3.00. The van der Waals surface area contributed by atoms with Crippen molar-refractivity contribution >= 4 is 22.5 Å². The number of rotatable bonds is 5. The summed E-state index contributed by atoms with van der Waals surface area (Å²) in [5.74, 6) is -1.62. The molecule has 3 nitrogen and oxygen atoms in total. The molecule has 4 heteroatoms. The highest BCUT2D eigenvalue weighted by Crippen LogP contribution is 2.35. The molecule has 3 aromatic rings. The molecule has 0 fully saturated rings. The number of benzene rings is 3. The molecule has 0 heterocycles. The largest absolute Gasteiger partial charge is 0.481 e. The van der Waals surface area contributed by atoms with Gasteiger partial charge in [0.15, 0.2) is 5.78 Å². The lowest BCUT2D eigenvalue weighted by Crippen LogP contribution is -2.27. The number of fused-ring (bicyclic) bond motifs is 1. The summed E-state index contributed by atoms with van der Waals surface area (Å²) < 4.78 is 13.4. The minimum Gasteiger partial charge on any atom is -0.481 e. The molecule has 0 bridgehead atoms. The van der Waals surface area contributed by atoms with Crippen LogP contribution in [0.4, 0.5) is 4.39 Å². The number of halogens is 1. The zero-order chi connectivity index (χ0) is 18.9. The molecule has 1 N–H and O–H groups in total. The molecule has 26 heavy (non-hydrogen) atoms. The summed E-state index contributed by atoms with van der Waals surface area (Å²) in [6.45, 7) is 3.07. The van der Waals surface area contributed by atoms with Crippen molar-refractivity contribution in [2.75, 3.05) is 0 Å². The summed E-state index contributed by atoms with van der Waals surface area (Å²) in [6.07, 6.45) is -0.116. The van der Waals surface area contributed by atoms with Gasteiger partial charge in [0.25, 0.3) is 0 Å². The summed E-state index contributed by atoms with van der Waals surface area (Å²) in [7, 11) is 0. The topological polar surface area (TPSA) is 54.4 Å². The Labute approximate surface area is 151 Å². The van der Waals surface area contributed by atoms with Gasteiger partial charge in [0.2, 0.25) is 0 Å². The molecule has 0 aliphatic heterocycles. The van der Waals surface area contributed by atoms with Gasteiger partial charge in [-0.15, -0.1) is 0 Å². The van der Waals surface area contributed by atoms with Crippen molar-refractivity contribution in [3.63, 3.8) is 0 Å². The van der Waals surface area contributed by atoms with Gasteiger partial charge in [-0.2, -0.15) is 0 Å². The molecule has 0 aromatic heterocycles. The summed E-state index contributed by atoms with van der Waals surface area (Å²) in [5.41, 5.74) is 0.710. The molecular weight excluding hydrogens is 331 g/mol. The van der Waals surface area contributed by atoms with E-state index in [-0.39, 0.29) is 18.0 Å². The maximum Gasteiger partial charge on any atom is 0.309 e. The fraction of sp³-hybridized carbons (Fsp3) is 0.182. The maximum atomic E-state index is 13.4. The molecule has 0 unspecified atom stereocenters. The number of carboxylic acid groups (broad SMARTS) is 1. The third-order valence-electron chi connectivity index (χ3n) is 4.54. The van der Waals surface area contributed by atoms with Crippen molar-refractivity contribution in [1.82, 2.24) is 0 Å². The molecule has 0 saturated carbocycles. The van der Waals surface area contributed by atoms with Crippen LogP contribution in [0, 0.1) is 11.2 Å². The normalized spacial score (nSPS) is 11.5. The van der Waals surface area contributed by atoms with E-state index in [0.29, 0.717) is 11.1 Å². The van der Waals surface area contributed by atoms with Crippen molar-refractivity contribution in [2.24, 2.45) is 5.41 Å². The van der Waals surface area contributed by atoms with Crippen LogP contribution in [0.5, 0.6) is 0 Å². The summed E-state index contributed by atoms with van der Waals surface area (Å²) in [4.78, 5) is 24.3. The molecule has 3 aromatic carbocycles. The van der Waals surface area contributed by atoms with Gasteiger partial charge in [-0.3, -0.25) is 9.59 Å². The Bertz CT molecular complexity index is 988. The van der Waals surface area contributed by atoms with Gasteiger partial charge in [0, 0.05) is 17.5 Å². The number of aliphatic carboxylic acids is 1. The third-order valence-corrected chi connectivity index (χ3v) is 4.54. The molecule has 3 rings (SSSR count). The van der Waals surface area contributed by atoms with Crippen LogP contribution < -0.4 is 0 Å². The Morgan fingerprint density at radius 2 is 1.62 bits per heavy atom. The van der Waals surface area contributed by atoms with Crippen molar-refractivity contribution < 1.29 is 19.1 Å². The smallest absolute Gasteiger partial charge is 0.309 e. The van der Waals surface area contributed by atoms with Crippen LogP contribution >= 0.6 is 0 Å². The van der Waals surface area contributed by atoms with Gasteiger partial charge in [-0.25, -0.2) is 4.39 Å². The second-order valence-corrected chi connectivity index (χ2v) is 7.01. The summed E-state index contributed by atoms with van der Waals surface area (Å²) in [5, 5.41) is 11.2. The Kier molecular flexibility index (Phi) is 4.60. The average Bonchev–Trinajstić information content (AvgIpc) is 2.61. The predicted molar refractivity (Wildman–Crippen MR) is 99.7 cm³/mol. The number of carbonyl (C=O) groups excluding carboxylic acids is 1. The minimum atomic E-state index is -1.16. The van der Waals surface area contributed by atoms with E-state index in [1.807, 2.05) is 30.3 Å². The minimum absolute atomic E-state index is 0.116. The van der Waals surface area contributed by atoms with Crippen LogP contribution in [0.3, 0.4) is 0 Å². The maximum absolute atomic E-state index is 13.4. The lowest BCUT2D eigenvalue weighted by Gasteiger charge is -2.20. The Morgan fingerprint density at radius 3 is 2.27 bits per heavy atom. The zero-order valence-corrected chi connectivity index (χ0v) is 14.6. The zero-order valence-electron chi connectivity index (χ0n) is 14.6. The molecule has 0 amide bonds. The van der Waals surface area contributed by atoms with Gasteiger partial charge < -0.3 is 5.11 Å². The van der Waals surface area contributed by atoms with Crippen LogP contribution in [0.25, 0.3) is 21.9 Å². The SMILES string of the molecule is CC(C)(CC(=O)c1ccc2ccccc2c1-c1ccc(F)cc1)C(=O)O. The van der Waals surface area contributed by atoms with Crippen molar-refractivity contribution in [3.8, 4) is 11.1 Å². The van der Waals surface area contributed by atoms with Crippen molar-refractivity contribution in [2.45, 2.75) is 20.3 Å². The second kappa shape index (κ2) is 6.71. The van der Waals surface area contributed by atoms with Crippen LogP contribution in [-0.2, 0) is 4.79 Å². The van der Waals surface area contributed by atoms with Gasteiger partial charge in [-0.1, -0.05) is 48.5 Å². The van der Waals surface area contributed by atoms with Gasteiger partial charge in [0.05, 0.1) is 5.41 Å².